The zero-order valence-corrected chi connectivity index (χ0v) is 9.42. The van der Waals surface area contributed by atoms with Crippen LogP contribution in [-0.2, 0) is 14.3 Å². The monoisotopic (exact) mass is 218 g/mol. The number of Topliss-reactive ketones (excluding diaryl/α,β-unsaturated/α-hetero) is 1. The molecular formula is C11H19FO3. The zero-order chi connectivity index (χ0) is 11.7. The fourth-order valence-electron chi connectivity index (χ4n) is 1.06. The maximum Gasteiger partial charge on any atom is 0.313 e. The summed E-state index contributed by atoms with van der Waals surface area (Å²) in [5.74, 6) is -1.29. The van der Waals surface area contributed by atoms with Crippen LogP contribution in [0.25, 0.3) is 0 Å². The summed E-state index contributed by atoms with van der Waals surface area (Å²) in [6.07, 6.45) is 0.459. The predicted octanol–water partition coefficient (Wildman–Crippen LogP) is 2.43. The smallest absolute Gasteiger partial charge is 0.313 e. The highest BCUT2D eigenvalue weighted by Crippen LogP contribution is 2.08. The number of carbonyl (C=O) groups is 2. The fraction of sp³-hybridized carbons (Fsp3) is 0.818. The molecule has 0 N–H and O–H groups in total. The van der Waals surface area contributed by atoms with Gasteiger partial charge in [0, 0.05) is 0 Å². The fourth-order valence-corrected chi connectivity index (χ4v) is 1.06. The first-order valence-electron chi connectivity index (χ1n) is 5.44. The molecule has 4 heteroatoms. The van der Waals surface area contributed by atoms with Gasteiger partial charge in [-0.05, 0) is 12.8 Å². The van der Waals surface area contributed by atoms with Crippen molar-refractivity contribution < 1.29 is 18.7 Å². The Labute approximate surface area is 90.0 Å². The van der Waals surface area contributed by atoms with Crippen LogP contribution < -0.4 is 0 Å². The van der Waals surface area contributed by atoms with Gasteiger partial charge in [0.25, 0.3) is 0 Å². The summed E-state index contributed by atoms with van der Waals surface area (Å²) in [5, 5.41) is 0. The van der Waals surface area contributed by atoms with E-state index in [2.05, 4.69) is 0 Å². The largest absolute Gasteiger partial charge is 0.465 e. The van der Waals surface area contributed by atoms with Gasteiger partial charge in [0.2, 0.25) is 0 Å². The predicted molar refractivity (Wildman–Crippen MR) is 55.3 cm³/mol. The summed E-state index contributed by atoms with van der Waals surface area (Å²) < 4.78 is 17.8. The first-order valence-corrected chi connectivity index (χ1v) is 5.44. The summed E-state index contributed by atoms with van der Waals surface area (Å²) in [6, 6.07) is 0. The molecule has 15 heavy (non-hydrogen) atoms. The Morgan fingerprint density at radius 1 is 1.27 bits per heavy atom. The lowest BCUT2D eigenvalue weighted by Crippen LogP contribution is -2.20. The molecule has 0 saturated heterocycles. The molecule has 3 nitrogen and oxygen atoms in total. The molecule has 0 aromatic rings. The highest BCUT2D eigenvalue weighted by Gasteiger charge is 2.20. The third-order valence-corrected chi connectivity index (χ3v) is 1.95. The third kappa shape index (κ3) is 7.05. The van der Waals surface area contributed by atoms with Crippen molar-refractivity contribution in [3.8, 4) is 0 Å². The first kappa shape index (κ1) is 14.1. The van der Waals surface area contributed by atoms with Crippen LogP contribution in [0.4, 0.5) is 4.39 Å². The first-order chi connectivity index (χ1) is 7.11. The van der Waals surface area contributed by atoms with Crippen LogP contribution in [0.5, 0.6) is 0 Å². The molecule has 0 aromatic heterocycles. The van der Waals surface area contributed by atoms with E-state index in [9.17, 15) is 14.0 Å². The number of halogens is 1. The number of hydrogen-bond acceptors (Lipinski definition) is 3. The van der Waals surface area contributed by atoms with Crippen molar-refractivity contribution in [1.29, 1.82) is 0 Å². The highest BCUT2D eigenvalue weighted by atomic mass is 19.1. The maximum atomic E-state index is 13.1. The summed E-state index contributed by atoms with van der Waals surface area (Å²) in [5.41, 5.74) is 0. The highest BCUT2D eigenvalue weighted by molar-refractivity contribution is 5.97. The Morgan fingerprint density at radius 3 is 2.47 bits per heavy atom. The molecule has 0 amide bonds. The number of ether oxygens (including phenoxy) is 1. The second-order valence-electron chi connectivity index (χ2n) is 3.47. The molecule has 0 bridgehead atoms. The van der Waals surface area contributed by atoms with Gasteiger partial charge >= 0.3 is 5.97 Å². The Balaban J connectivity index is 3.75. The average molecular weight is 218 g/mol. The Morgan fingerprint density at radius 2 is 1.93 bits per heavy atom. The van der Waals surface area contributed by atoms with E-state index >= 15 is 0 Å². The van der Waals surface area contributed by atoms with Crippen molar-refractivity contribution in [1.82, 2.24) is 0 Å². The van der Waals surface area contributed by atoms with E-state index in [-0.39, 0.29) is 13.0 Å². The van der Waals surface area contributed by atoms with Gasteiger partial charge in [-0.1, -0.05) is 26.7 Å². The van der Waals surface area contributed by atoms with E-state index in [0.717, 1.165) is 6.42 Å². The van der Waals surface area contributed by atoms with Crippen molar-refractivity contribution in [2.24, 2.45) is 0 Å². The molecule has 0 aliphatic heterocycles. The van der Waals surface area contributed by atoms with E-state index in [1.807, 2.05) is 13.8 Å². The van der Waals surface area contributed by atoms with Crippen LogP contribution in [0.2, 0.25) is 0 Å². The van der Waals surface area contributed by atoms with Gasteiger partial charge in [0.1, 0.15) is 6.42 Å². The summed E-state index contributed by atoms with van der Waals surface area (Å²) in [4.78, 5) is 22.1. The van der Waals surface area contributed by atoms with Gasteiger partial charge in [-0.2, -0.15) is 0 Å². The number of hydrogen-bond donors (Lipinski definition) is 0. The number of carbonyl (C=O) groups excluding carboxylic acids is 2. The molecular weight excluding hydrogens is 199 g/mol. The third-order valence-electron chi connectivity index (χ3n) is 1.95. The number of ketones is 1. The van der Waals surface area contributed by atoms with Crippen LogP contribution in [0.1, 0.15) is 46.0 Å². The van der Waals surface area contributed by atoms with Gasteiger partial charge in [-0.15, -0.1) is 0 Å². The van der Waals surface area contributed by atoms with Gasteiger partial charge in [0.15, 0.2) is 12.0 Å². The number of unbranched alkanes of at least 4 members (excludes halogenated alkanes) is 1. The van der Waals surface area contributed by atoms with Crippen LogP contribution in [-0.4, -0.2) is 24.5 Å². The van der Waals surface area contributed by atoms with E-state index in [0.29, 0.717) is 12.8 Å². The van der Waals surface area contributed by atoms with E-state index < -0.39 is 24.3 Å². The molecule has 0 radical (unpaired) electrons. The standard InChI is InChI=1S/C11H19FO3/c1-3-5-6-9(12)10(13)8-11(14)15-7-4-2/h9H,3-8H2,1-2H3. The number of esters is 1. The van der Waals surface area contributed by atoms with Gasteiger partial charge in [0.05, 0.1) is 6.61 Å². The van der Waals surface area contributed by atoms with E-state index in [4.69, 9.17) is 4.74 Å². The minimum atomic E-state index is -1.51. The topological polar surface area (TPSA) is 43.4 Å². The lowest BCUT2D eigenvalue weighted by Gasteiger charge is -2.06. The molecule has 1 atom stereocenters. The molecule has 0 fully saturated rings. The maximum absolute atomic E-state index is 13.1. The summed E-state index contributed by atoms with van der Waals surface area (Å²) >= 11 is 0. The van der Waals surface area contributed by atoms with Crippen molar-refractivity contribution in [2.75, 3.05) is 6.61 Å². The summed E-state index contributed by atoms with van der Waals surface area (Å²) in [7, 11) is 0. The molecule has 0 spiro atoms. The van der Waals surface area contributed by atoms with Crippen LogP contribution in [0, 0.1) is 0 Å². The Bertz CT molecular complexity index is 204. The van der Waals surface area contributed by atoms with Crippen molar-refractivity contribution in [2.45, 2.75) is 52.1 Å². The lowest BCUT2D eigenvalue weighted by atomic mass is 10.1. The van der Waals surface area contributed by atoms with Crippen LogP contribution in [0.3, 0.4) is 0 Å². The molecule has 0 rings (SSSR count). The molecule has 0 aromatic carbocycles. The Hall–Kier alpha value is -0.930. The number of rotatable bonds is 8. The van der Waals surface area contributed by atoms with Crippen molar-refractivity contribution in [3.05, 3.63) is 0 Å². The minimum Gasteiger partial charge on any atom is -0.465 e. The molecule has 1 unspecified atom stereocenters. The Kier molecular flexibility index (Phi) is 7.86. The van der Waals surface area contributed by atoms with Gasteiger partial charge < -0.3 is 4.74 Å². The second kappa shape index (κ2) is 8.38. The molecule has 0 aliphatic rings. The van der Waals surface area contributed by atoms with Gasteiger partial charge in [-0.3, -0.25) is 9.59 Å². The van der Waals surface area contributed by atoms with Crippen LogP contribution in [0.15, 0.2) is 0 Å². The van der Waals surface area contributed by atoms with Crippen molar-refractivity contribution >= 4 is 11.8 Å². The average Bonchev–Trinajstić information content (AvgIpc) is 2.22. The van der Waals surface area contributed by atoms with Gasteiger partial charge in [-0.25, -0.2) is 4.39 Å². The van der Waals surface area contributed by atoms with E-state index in [1.54, 1.807) is 0 Å². The quantitative estimate of drug-likeness (QED) is 0.464. The second-order valence-corrected chi connectivity index (χ2v) is 3.47. The zero-order valence-electron chi connectivity index (χ0n) is 9.42. The number of alkyl halides is 1. The SMILES string of the molecule is CCCCC(F)C(=O)CC(=O)OCCC. The van der Waals surface area contributed by atoms with Crippen molar-refractivity contribution in [3.63, 3.8) is 0 Å². The molecule has 0 aliphatic carbocycles. The molecule has 0 saturated carbocycles. The normalized spacial score (nSPS) is 12.2. The molecule has 0 heterocycles. The van der Waals surface area contributed by atoms with Crippen LogP contribution >= 0.6 is 0 Å². The summed E-state index contributed by atoms with van der Waals surface area (Å²) in [6.45, 7) is 4.07. The van der Waals surface area contributed by atoms with E-state index in [1.165, 1.54) is 0 Å². The molecule has 88 valence electrons. The minimum absolute atomic E-state index is 0.205. The lowest BCUT2D eigenvalue weighted by molar-refractivity contribution is -0.147.